The van der Waals surface area contributed by atoms with Gasteiger partial charge in [-0.2, -0.15) is 0 Å². The van der Waals surface area contributed by atoms with Gasteiger partial charge >= 0.3 is 0 Å². The molecule has 0 saturated carbocycles. The molecule has 1 N–H and O–H groups in total. The smallest absolute Gasteiger partial charge is 0.0540 e. The van der Waals surface area contributed by atoms with Crippen molar-refractivity contribution >= 4 is 17.5 Å². The molecule has 0 fully saturated rings. The molecule has 2 heteroatoms. The SMILES string of the molecule is C=Cc1cccc(C)c1C(=C(C)C)N(C)C(CCC)c1ccc(CC)c(NC)c1. The van der Waals surface area contributed by atoms with Gasteiger partial charge in [-0.3, -0.25) is 0 Å². The minimum Gasteiger partial charge on any atom is -0.388 e. The lowest BCUT2D eigenvalue weighted by atomic mass is 9.92. The lowest BCUT2D eigenvalue weighted by Crippen LogP contribution is -2.25. The zero-order valence-electron chi connectivity index (χ0n) is 19.4. The molecule has 0 heterocycles. The van der Waals surface area contributed by atoms with Gasteiger partial charge in [0, 0.05) is 31.0 Å². The molecular formula is C27H38N2. The van der Waals surface area contributed by atoms with Crippen LogP contribution in [-0.4, -0.2) is 19.0 Å². The Morgan fingerprint density at radius 3 is 2.45 bits per heavy atom. The van der Waals surface area contributed by atoms with Gasteiger partial charge < -0.3 is 10.2 Å². The van der Waals surface area contributed by atoms with Crippen molar-refractivity contribution in [1.29, 1.82) is 0 Å². The zero-order valence-corrected chi connectivity index (χ0v) is 19.4. The molecule has 0 aliphatic heterocycles. The van der Waals surface area contributed by atoms with Gasteiger partial charge in [-0.05, 0) is 61.9 Å². The van der Waals surface area contributed by atoms with E-state index in [4.69, 9.17) is 0 Å². The van der Waals surface area contributed by atoms with Crippen LogP contribution in [0.4, 0.5) is 5.69 Å². The highest BCUT2D eigenvalue weighted by Gasteiger charge is 2.23. The average molecular weight is 391 g/mol. The Labute approximate surface area is 178 Å². The summed E-state index contributed by atoms with van der Waals surface area (Å²) >= 11 is 0. The van der Waals surface area contributed by atoms with E-state index in [0.717, 1.165) is 19.3 Å². The second-order valence-electron chi connectivity index (χ2n) is 8.03. The Bertz CT molecular complexity index is 872. The molecule has 0 saturated heterocycles. The summed E-state index contributed by atoms with van der Waals surface area (Å²) in [5.74, 6) is 0. The molecule has 0 radical (unpaired) electrons. The lowest BCUT2D eigenvalue weighted by molar-refractivity contribution is 0.332. The number of nitrogens with zero attached hydrogens (tertiary/aromatic N) is 1. The molecule has 0 bridgehead atoms. The first-order valence-corrected chi connectivity index (χ1v) is 10.8. The van der Waals surface area contributed by atoms with E-state index < -0.39 is 0 Å². The first kappa shape index (κ1) is 22.8. The maximum Gasteiger partial charge on any atom is 0.0540 e. The summed E-state index contributed by atoms with van der Waals surface area (Å²) in [5, 5.41) is 3.39. The molecule has 1 atom stereocenters. The van der Waals surface area contributed by atoms with Crippen molar-refractivity contribution in [2.45, 2.75) is 59.9 Å². The van der Waals surface area contributed by atoms with Crippen molar-refractivity contribution in [2.24, 2.45) is 0 Å². The van der Waals surface area contributed by atoms with Crippen LogP contribution < -0.4 is 5.32 Å². The predicted molar refractivity (Wildman–Crippen MR) is 130 cm³/mol. The summed E-state index contributed by atoms with van der Waals surface area (Å²) in [6.45, 7) is 15.2. The Morgan fingerprint density at radius 2 is 1.90 bits per heavy atom. The third-order valence-corrected chi connectivity index (χ3v) is 5.79. The van der Waals surface area contributed by atoms with Crippen molar-refractivity contribution in [3.05, 3.63) is 76.4 Å². The standard InChI is InChI=1S/C27H38N2/c1-9-13-25(23-17-16-21(10-2)24(18-23)28-7)29(8)27(19(4)5)26-20(6)14-12-15-22(26)11-3/h11-12,14-18,25,28H,3,9-10,13H2,1-2,4-8H3. The van der Waals surface area contributed by atoms with Gasteiger partial charge in [0.2, 0.25) is 0 Å². The number of anilines is 1. The number of hydrogen-bond donors (Lipinski definition) is 1. The molecule has 0 amide bonds. The van der Waals surface area contributed by atoms with Crippen molar-refractivity contribution in [2.75, 3.05) is 19.4 Å². The van der Waals surface area contributed by atoms with Gasteiger partial charge in [-0.1, -0.05) is 68.8 Å². The van der Waals surface area contributed by atoms with E-state index in [-0.39, 0.29) is 0 Å². The van der Waals surface area contributed by atoms with E-state index in [1.54, 1.807) is 0 Å². The molecule has 156 valence electrons. The molecule has 29 heavy (non-hydrogen) atoms. The molecule has 2 rings (SSSR count). The Kier molecular flexibility index (Phi) is 8.13. The van der Waals surface area contributed by atoms with Crippen molar-refractivity contribution < 1.29 is 0 Å². The predicted octanol–water partition coefficient (Wildman–Crippen LogP) is 7.47. The summed E-state index contributed by atoms with van der Waals surface area (Å²) in [6, 6.07) is 13.7. The average Bonchev–Trinajstić information content (AvgIpc) is 2.72. The fourth-order valence-corrected chi connectivity index (χ4v) is 4.32. The molecule has 0 spiro atoms. The van der Waals surface area contributed by atoms with E-state index in [0.29, 0.717) is 6.04 Å². The number of benzene rings is 2. The fourth-order valence-electron chi connectivity index (χ4n) is 4.32. The second kappa shape index (κ2) is 10.3. The third-order valence-electron chi connectivity index (χ3n) is 5.79. The summed E-state index contributed by atoms with van der Waals surface area (Å²) in [4.78, 5) is 2.48. The Balaban J connectivity index is 2.61. The lowest BCUT2D eigenvalue weighted by Gasteiger charge is -2.35. The fraction of sp³-hybridized carbons (Fsp3) is 0.407. The Hall–Kier alpha value is -2.48. The summed E-state index contributed by atoms with van der Waals surface area (Å²) in [7, 11) is 4.26. The first-order chi connectivity index (χ1) is 13.9. The molecule has 0 aliphatic rings. The normalized spacial score (nSPS) is 11.7. The van der Waals surface area contributed by atoms with E-state index >= 15 is 0 Å². The molecule has 2 nitrogen and oxygen atoms in total. The van der Waals surface area contributed by atoms with Crippen LogP contribution in [0.5, 0.6) is 0 Å². The topological polar surface area (TPSA) is 15.3 Å². The van der Waals surface area contributed by atoms with Crippen LogP contribution >= 0.6 is 0 Å². The largest absolute Gasteiger partial charge is 0.388 e. The van der Waals surface area contributed by atoms with Gasteiger partial charge in [-0.15, -0.1) is 0 Å². The third kappa shape index (κ3) is 4.93. The van der Waals surface area contributed by atoms with Gasteiger partial charge in [0.05, 0.1) is 6.04 Å². The van der Waals surface area contributed by atoms with E-state index in [2.05, 4.69) is 94.9 Å². The molecular weight excluding hydrogens is 352 g/mol. The van der Waals surface area contributed by atoms with Crippen LogP contribution in [0.15, 0.2) is 48.6 Å². The highest BCUT2D eigenvalue weighted by molar-refractivity contribution is 5.77. The van der Waals surface area contributed by atoms with Crippen LogP contribution in [0.1, 0.15) is 74.4 Å². The summed E-state index contributed by atoms with van der Waals surface area (Å²) in [5.41, 5.74) is 10.4. The maximum atomic E-state index is 4.07. The highest BCUT2D eigenvalue weighted by Crippen LogP contribution is 2.37. The van der Waals surface area contributed by atoms with Crippen LogP contribution in [0.25, 0.3) is 11.8 Å². The van der Waals surface area contributed by atoms with E-state index in [1.165, 1.54) is 44.8 Å². The minimum absolute atomic E-state index is 0.320. The number of aryl methyl sites for hydroxylation is 2. The zero-order chi connectivity index (χ0) is 21.6. The highest BCUT2D eigenvalue weighted by atomic mass is 15.1. The van der Waals surface area contributed by atoms with Gasteiger partial charge in [0.25, 0.3) is 0 Å². The van der Waals surface area contributed by atoms with E-state index in [1.807, 2.05) is 13.1 Å². The molecule has 2 aromatic carbocycles. The van der Waals surface area contributed by atoms with Gasteiger partial charge in [0.15, 0.2) is 0 Å². The van der Waals surface area contributed by atoms with Crippen molar-refractivity contribution in [1.82, 2.24) is 4.90 Å². The quantitative estimate of drug-likeness (QED) is 0.478. The molecule has 0 aliphatic carbocycles. The van der Waals surface area contributed by atoms with Crippen LogP contribution in [-0.2, 0) is 6.42 Å². The van der Waals surface area contributed by atoms with Gasteiger partial charge in [-0.25, -0.2) is 0 Å². The van der Waals surface area contributed by atoms with E-state index in [9.17, 15) is 0 Å². The number of rotatable bonds is 9. The van der Waals surface area contributed by atoms with Gasteiger partial charge in [0.1, 0.15) is 0 Å². The molecule has 0 aromatic heterocycles. The number of allylic oxidation sites excluding steroid dienone is 1. The molecule has 2 aromatic rings. The number of nitrogens with one attached hydrogen (secondary N) is 1. The number of hydrogen-bond acceptors (Lipinski definition) is 2. The van der Waals surface area contributed by atoms with Crippen LogP contribution in [0, 0.1) is 6.92 Å². The summed E-state index contributed by atoms with van der Waals surface area (Å²) < 4.78 is 0. The van der Waals surface area contributed by atoms with Crippen molar-refractivity contribution in [3.8, 4) is 0 Å². The second-order valence-corrected chi connectivity index (χ2v) is 8.03. The van der Waals surface area contributed by atoms with Crippen LogP contribution in [0.3, 0.4) is 0 Å². The monoisotopic (exact) mass is 390 g/mol. The first-order valence-electron chi connectivity index (χ1n) is 10.8. The molecule has 1 unspecified atom stereocenters. The maximum absolute atomic E-state index is 4.07. The van der Waals surface area contributed by atoms with Crippen LogP contribution in [0.2, 0.25) is 0 Å². The minimum atomic E-state index is 0.320. The van der Waals surface area contributed by atoms with Crippen molar-refractivity contribution in [3.63, 3.8) is 0 Å². The summed E-state index contributed by atoms with van der Waals surface area (Å²) in [6.07, 6.45) is 5.26. The Morgan fingerprint density at radius 1 is 1.17 bits per heavy atom.